The molecule has 1 N–H and O–H groups in total. The Morgan fingerprint density at radius 2 is 1.78 bits per heavy atom. The Hall–Kier alpha value is -3.18. The first kappa shape index (κ1) is 25.9. The molecule has 0 radical (unpaired) electrons. The fraction of sp³-hybridized carbons (Fsp3) is 0.409. The van der Waals surface area contributed by atoms with Crippen LogP contribution in [0.3, 0.4) is 0 Å². The van der Waals surface area contributed by atoms with Gasteiger partial charge in [0.1, 0.15) is 22.7 Å². The van der Waals surface area contributed by atoms with Crippen molar-refractivity contribution >= 4 is 21.1 Å². The second-order valence-electron chi connectivity index (χ2n) is 8.50. The average molecular weight is 531 g/mol. The molecule has 3 aromatic rings. The van der Waals surface area contributed by atoms with Crippen LogP contribution in [0, 0.1) is 11.3 Å². The van der Waals surface area contributed by atoms with Crippen molar-refractivity contribution in [1.29, 1.82) is 5.26 Å². The number of hydrogen-bond donors (Lipinski definition) is 1. The summed E-state index contributed by atoms with van der Waals surface area (Å²) < 4.78 is 106. The van der Waals surface area contributed by atoms with Gasteiger partial charge in [0.25, 0.3) is 0 Å². The number of nitrogens with one attached hydrogen (secondary N) is 1. The van der Waals surface area contributed by atoms with Gasteiger partial charge in [0.05, 0.1) is 22.5 Å². The minimum atomic E-state index is -4.80. The van der Waals surface area contributed by atoms with Crippen LogP contribution in [0.2, 0.25) is 0 Å². The number of nitrogens with zero attached hydrogens (tertiary/aromatic N) is 4. The van der Waals surface area contributed by atoms with Gasteiger partial charge in [-0.3, -0.25) is 4.98 Å². The molecule has 3 aromatic heterocycles. The Kier molecular flexibility index (Phi) is 6.50. The van der Waals surface area contributed by atoms with E-state index in [1.165, 1.54) is 10.8 Å². The fourth-order valence-electron chi connectivity index (χ4n) is 4.27. The Morgan fingerprint density at radius 1 is 1.11 bits per heavy atom. The minimum absolute atomic E-state index is 0.0200. The fourth-order valence-corrected chi connectivity index (χ4v) is 5.45. The monoisotopic (exact) mass is 531 g/mol. The van der Waals surface area contributed by atoms with Crippen molar-refractivity contribution in [2.45, 2.75) is 61.9 Å². The van der Waals surface area contributed by atoms with E-state index in [1.807, 2.05) is 6.07 Å². The predicted octanol–water partition coefficient (Wildman–Crippen LogP) is 5.33. The maximum atomic E-state index is 13.3. The van der Waals surface area contributed by atoms with E-state index in [4.69, 9.17) is 0 Å². The van der Waals surface area contributed by atoms with Crippen LogP contribution in [0.5, 0.6) is 0 Å². The highest BCUT2D eigenvalue weighted by atomic mass is 32.2. The van der Waals surface area contributed by atoms with E-state index in [1.54, 1.807) is 4.57 Å². The highest BCUT2D eigenvalue weighted by Gasteiger charge is 2.39. The van der Waals surface area contributed by atoms with Crippen LogP contribution in [-0.4, -0.2) is 35.2 Å². The molecule has 0 unspecified atom stereocenters. The lowest BCUT2D eigenvalue weighted by molar-refractivity contribution is -0.147. The number of halogens is 6. The summed E-state index contributed by atoms with van der Waals surface area (Å²) in [6.07, 6.45) is -4.85. The SMILES string of the molecule is C[C@H](NS(=O)(=O)c1ccc(-c2c(C#N)c3cc(C(F)(F)F)cnc3n2C2CCCC2)nc1)C(F)(F)F. The quantitative estimate of drug-likeness (QED) is 0.449. The molecule has 1 aliphatic carbocycles. The predicted molar refractivity (Wildman–Crippen MR) is 116 cm³/mol. The number of hydrogen-bond acceptors (Lipinski definition) is 5. The molecule has 14 heteroatoms. The molecule has 0 bridgehead atoms. The van der Waals surface area contributed by atoms with E-state index in [0.29, 0.717) is 26.0 Å². The molecule has 36 heavy (non-hydrogen) atoms. The number of alkyl halides is 6. The lowest BCUT2D eigenvalue weighted by Crippen LogP contribution is -2.42. The molecule has 192 valence electrons. The van der Waals surface area contributed by atoms with Crippen LogP contribution in [0.25, 0.3) is 22.4 Å². The van der Waals surface area contributed by atoms with E-state index in [2.05, 4.69) is 9.97 Å². The van der Waals surface area contributed by atoms with E-state index >= 15 is 0 Å². The molecule has 7 nitrogen and oxygen atoms in total. The number of pyridine rings is 2. The molecule has 1 fully saturated rings. The van der Waals surface area contributed by atoms with Crippen LogP contribution >= 0.6 is 0 Å². The highest BCUT2D eigenvalue weighted by molar-refractivity contribution is 7.89. The van der Waals surface area contributed by atoms with Crippen LogP contribution in [0.15, 0.2) is 35.5 Å². The van der Waals surface area contributed by atoms with E-state index in [9.17, 15) is 40.0 Å². The molecule has 1 aliphatic rings. The van der Waals surface area contributed by atoms with Crippen molar-refractivity contribution in [2.24, 2.45) is 0 Å². The number of sulfonamides is 1. The average Bonchev–Trinajstić information content (AvgIpc) is 3.42. The van der Waals surface area contributed by atoms with Gasteiger partial charge in [0.2, 0.25) is 10.0 Å². The van der Waals surface area contributed by atoms with Crippen molar-refractivity contribution in [1.82, 2.24) is 19.3 Å². The molecule has 1 saturated carbocycles. The summed E-state index contributed by atoms with van der Waals surface area (Å²) in [7, 11) is -4.57. The molecule has 0 spiro atoms. The molecule has 0 aliphatic heterocycles. The van der Waals surface area contributed by atoms with Crippen molar-refractivity contribution in [3.63, 3.8) is 0 Å². The molecule has 3 heterocycles. The zero-order valence-corrected chi connectivity index (χ0v) is 19.5. The topological polar surface area (TPSA) is 101 Å². The number of nitriles is 1. The summed E-state index contributed by atoms with van der Waals surface area (Å²) in [6, 6.07) is 2.49. The first-order chi connectivity index (χ1) is 16.7. The van der Waals surface area contributed by atoms with Gasteiger partial charge in [-0.1, -0.05) is 12.8 Å². The summed E-state index contributed by atoms with van der Waals surface area (Å²) in [5.74, 6) is 0. The largest absolute Gasteiger partial charge is 0.417 e. The molecule has 1 atom stereocenters. The summed E-state index contributed by atoms with van der Waals surface area (Å²) in [5.41, 5.74) is -0.719. The minimum Gasteiger partial charge on any atom is -0.320 e. The van der Waals surface area contributed by atoms with E-state index in [0.717, 1.165) is 31.2 Å². The molecular formula is C22H19F6N5O2S. The maximum absolute atomic E-state index is 13.3. The Morgan fingerprint density at radius 3 is 2.31 bits per heavy atom. The van der Waals surface area contributed by atoms with Gasteiger partial charge in [-0.05, 0) is 38.0 Å². The van der Waals surface area contributed by atoms with Gasteiger partial charge in [0.15, 0.2) is 0 Å². The molecule has 4 rings (SSSR count). The van der Waals surface area contributed by atoms with Crippen LogP contribution in [-0.2, 0) is 16.2 Å². The zero-order valence-electron chi connectivity index (χ0n) is 18.7. The van der Waals surface area contributed by atoms with Crippen molar-refractivity contribution in [3.05, 3.63) is 41.7 Å². The molecule has 0 amide bonds. The van der Waals surface area contributed by atoms with Gasteiger partial charge in [-0.2, -0.15) is 36.3 Å². The third kappa shape index (κ3) is 4.77. The van der Waals surface area contributed by atoms with Crippen LogP contribution < -0.4 is 4.72 Å². The van der Waals surface area contributed by atoms with E-state index < -0.39 is 38.9 Å². The standard InChI is InChI=1S/C22H19F6N5O2S/c1-12(21(23,24)25)32-36(34,35)15-6-7-18(30-11-15)19-17(9-29)16-8-13(22(26,27)28)10-31-20(16)33(19)14-4-2-3-5-14/h6-8,10-12,14,32H,2-5H2,1H3/t12-/m0/s1. The van der Waals surface area contributed by atoms with Crippen molar-refractivity contribution in [3.8, 4) is 17.5 Å². The first-order valence-corrected chi connectivity index (χ1v) is 12.3. The number of aromatic nitrogens is 3. The van der Waals surface area contributed by atoms with Gasteiger partial charge < -0.3 is 4.57 Å². The maximum Gasteiger partial charge on any atom is 0.417 e. The van der Waals surface area contributed by atoms with Gasteiger partial charge in [-0.25, -0.2) is 13.4 Å². The summed E-state index contributed by atoms with van der Waals surface area (Å²) in [4.78, 5) is 7.54. The highest BCUT2D eigenvalue weighted by Crippen LogP contribution is 2.41. The lowest BCUT2D eigenvalue weighted by atomic mass is 10.1. The third-order valence-electron chi connectivity index (χ3n) is 6.08. The smallest absolute Gasteiger partial charge is 0.320 e. The normalized spacial score (nSPS) is 16.4. The number of rotatable bonds is 5. The zero-order chi connectivity index (χ0) is 26.5. The second kappa shape index (κ2) is 9.04. The Balaban J connectivity index is 1.85. The van der Waals surface area contributed by atoms with Crippen molar-refractivity contribution in [2.75, 3.05) is 0 Å². The summed E-state index contributed by atoms with van der Waals surface area (Å²) in [6.45, 7) is 0.654. The van der Waals surface area contributed by atoms with Gasteiger partial charge in [0, 0.05) is 23.8 Å². The molecular weight excluding hydrogens is 512 g/mol. The van der Waals surface area contributed by atoms with Gasteiger partial charge >= 0.3 is 12.4 Å². The van der Waals surface area contributed by atoms with Crippen LogP contribution in [0.1, 0.15) is 49.8 Å². The Bertz CT molecular complexity index is 1430. The summed E-state index contributed by atoms with van der Waals surface area (Å²) >= 11 is 0. The van der Waals surface area contributed by atoms with E-state index in [-0.39, 0.29) is 34.0 Å². The second-order valence-corrected chi connectivity index (χ2v) is 10.2. The third-order valence-corrected chi connectivity index (χ3v) is 7.61. The summed E-state index contributed by atoms with van der Waals surface area (Å²) in [5, 5.41) is 9.85. The molecule has 0 aromatic carbocycles. The first-order valence-electron chi connectivity index (χ1n) is 10.8. The Labute approximate surface area is 201 Å². The van der Waals surface area contributed by atoms with Crippen molar-refractivity contribution < 1.29 is 34.8 Å². The number of fused-ring (bicyclic) bond motifs is 1. The molecule has 0 saturated heterocycles. The van der Waals surface area contributed by atoms with Crippen LogP contribution in [0.4, 0.5) is 26.3 Å². The van der Waals surface area contributed by atoms with Gasteiger partial charge in [-0.15, -0.1) is 0 Å². The lowest BCUT2D eigenvalue weighted by Gasteiger charge is -2.18.